The number of hydrogen-bond acceptors (Lipinski definition) is 2. The first-order valence-corrected chi connectivity index (χ1v) is 4.23. The predicted octanol–water partition coefficient (Wildman–Crippen LogP) is 1.16. The Morgan fingerprint density at radius 3 is 2.45 bits per heavy atom. The molecular weight excluding hydrogens is 139 g/mol. The van der Waals surface area contributed by atoms with Crippen molar-refractivity contribution in [3.05, 3.63) is 0 Å². The van der Waals surface area contributed by atoms with E-state index in [4.69, 9.17) is 4.74 Å². The van der Waals surface area contributed by atoms with E-state index < -0.39 is 0 Å². The van der Waals surface area contributed by atoms with Crippen LogP contribution in [0, 0.1) is 0 Å². The van der Waals surface area contributed by atoms with Crippen LogP contribution in [0.2, 0.25) is 6.32 Å². The Hall–Kier alpha value is -0.465. The number of hydrogen-bond donors (Lipinski definition) is 0. The largest absolute Gasteiger partial charge is 0.460 e. The van der Waals surface area contributed by atoms with Gasteiger partial charge in [-0.2, -0.15) is 0 Å². The standard InChI is InChI=1S/C8H17BO2/c1-4-8(2,3)11-7(10)5-6-9/h4-6,9H2,1-3H3. The first kappa shape index (κ1) is 10.5. The SMILES string of the molecule is BCCC(=O)OC(C)(C)CC. The highest BCUT2D eigenvalue weighted by Gasteiger charge is 2.19. The van der Waals surface area contributed by atoms with E-state index in [0.29, 0.717) is 6.42 Å². The topological polar surface area (TPSA) is 26.3 Å². The third kappa shape index (κ3) is 4.88. The maximum absolute atomic E-state index is 11.0. The molecule has 0 fully saturated rings. The molecule has 0 aromatic carbocycles. The Kier molecular flexibility index (Phi) is 4.23. The van der Waals surface area contributed by atoms with Crippen molar-refractivity contribution in [3.8, 4) is 0 Å². The highest BCUT2D eigenvalue weighted by molar-refractivity contribution is 6.09. The highest BCUT2D eigenvalue weighted by Crippen LogP contribution is 2.14. The molecule has 64 valence electrons. The summed E-state index contributed by atoms with van der Waals surface area (Å²) in [6.07, 6.45) is 2.25. The Bertz CT molecular complexity index is 132. The first-order chi connectivity index (χ1) is 5.02. The minimum Gasteiger partial charge on any atom is -0.460 e. The van der Waals surface area contributed by atoms with E-state index in [0.717, 1.165) is 12.7 Å². The Morgan fingerprint density at radius 2 is 2.09 bits per heavy atom. The third-order valence-electron chi connectivity index (χ3n) is 1.70. The van der Waals surface area contributed by atoms with Crippen molar-refractivity contribution in [3.63, 3.8) is 0 Å². The minimum absolute atomic E-state index is 0.0839. The lowest BCUT2D eigenvalue weighted by Crippen LogP contribution is -2.26. The fourth-order valence-electron chi connectivity index (χ4n) is 0.635. The fourth-order valence-corrected chi connectivity index (χ4v) is 0.635. The molecular formula is C8H17BO2. The Morgan fingerprint density at radius 1 is 1.55 bits per heavy atom. The van der Waals surface area contributed by atoms with Gasteiger partial charge in [0, 0.05) is 6.42 Å². The molecule has 0 aliphatic rings. The summed E-state index contributed by atoms with van der Waals surface area (Å²) >= 11 is 0. The van der Waals surface area contributed by atoms with Crippen molar-refractivity contribution in [2.45, 2.75) is 45.5 Å². The summed E-state index contributed by atoms with van der Waals surface area (Å²) in [6, 6.07) is 0. The lowest BCUT2D eigenvalue weighted by molar-refractivity contribution is -0.156. The molecule has 0 saturated carbocycles. The average molecular weight is 156 g/mol. The Balaban J connectivity index is 3.74. The van der Waals surface area contributed by atoms with Crippen LogP contribution < -0.4 is 0 Å². The molecule has 0 spiro atoms. The van der Waals surface area contributed by atoms with Gasteiger partial charge >= 0.3 is 5.97 Å². The van der Waals surface area contributed by atoms with Crippen molar-refractivity contribution >= 4 is 13.8 Å². The smallest absolute Gasteiger partial charge is 0.305 e. The molecule has 0 aliphatic carbocycles. The van der Waals surface area contributed by atoms with E-state index in [9.17, 15) is 4.79 Å². The molecule has 0 radical (unpaired) electrons. The zero-order valence-corrected chi connectivity index (χ0v) is 7.94. The lowest BCUT2D eigenvalue weighted by atomic mass is 10.0. The molecule has 11 heavy (non-hydrogen) atoms. The van der Waals surface area contributed by atoms with Crippen LogP contribution in [0.25, 0.3) is 0 Å². The van der Waals surface area contributed by atoms with Crippen LogP contribution >= 0.6 is 0 Å². The van der Waals surface area contributed by atoms with Gasteiger partial charge in [-0.25, -0.2) is 0 Å². The van der Waals surface area contributed by atoms with Crippen molar-refractivity contribution in [1.29, 1.82) is 0 Å². The maximum atomic E-state index is 11.0. The zero-order chi connectivity index (χ0) is 8.91. The van der Waals surface area contributed by atoms with Gasteiger partial charge in [0.1, 0.15) is 13.4 Å². The van der Waals surface area contributed by atoms with Gasteiger partial charge in [-0.15, -0.1) is 0 Å². The van der Waals surface area contributed by atoms with Gasteiger partial charge in [0.05, 0.1) is 0 Å². The van der Waals surface area contributed by atoms with Gasteiger partial charge < -0.3 is 4.74 Å². The Labute approximate surface area is 69.7 Å². The van der Waals surface area contributed by atoms with Gasteiger partial charge in [0.15, 0.2) is 0 Å². The molecule has 0 aromatic heterocycles. The van der Waals surface area contributed by atoms with Crippen LogP contribution in [-0.2, 0) is 9.53 Å². The van der Waals surface area contributed by atoms with Gasteiger partial charge in [0.2, 0.25) is 0 Å². The number of carbonyl (C=O) groups is 1. The molecule has 2 nitrogen and oxygen atoms in total. The van der Waals surface area contributed by atoms with Crippen LogP contribution in [-0.4, -0.2) is 19.4 Å². The average Bonchev–Trinajstić information content (AvgIpc) is 1.87. The first-order valence-electron chi connectivity index (χ1n) is 4.23. The molecule has 3 heteroatoms. The van der Waals surface area contributed by atoms with Gasteiger partial charge in [-0.3, -0.25) is 4.79 Å². The summed E-state index contributed by atoms with van der Waals surface area (Å²) in [7, 11) is 1.97. The fraction of sp³-hybridized carbons (Fsp3) is 0.875. The minimum atomic E-state index is -0.285. The number of carbonyl (C=O) groups excluding carboxylic acids is 1. The molecule has 0 heterocycles. The van der Waals surface area contributed by atoms with Crippen molar-refractivity contribution in [2.24, 2.45) is 0 Å². The molecule has 0 unspecified atom stereocenters. The highest BCUT2D eigenvalue weighted by atomic mass is 16.6. The zero-order valence-electron chi connectivity index (χ0n) is 7.94. The molecule has 0 aliphatic heterocycles. The molecule has 0 saturated heterocycles. The summed E-state index contributed by atoms with van der Waals surface area (Å²) in [4.78, 5) is 11.0. The second-order valence-corrected chi connectivity index (χ2v) is 3.34. The number of rotatable bonds is 4. The van der Waals surface area contributed by atoms with Crippen molar-refractivity contribution < 1.29 is 9.53 Å². The van der Waals surface area contributed by atoms with E-state index in [1.807, 2.05) is 28.6 Å². The quantitative estimate of drug-likeness (QED) is 0.451. The van der Waals surface area contributed by atoms with Crippen molar-refractivity contribution in [1.82, 2.24) is 0 Å². The van der Waals surface area contributed by atoms with Crippen molar-refractivity contribution in [2.75, 3.05) is 0 Å². The summed E-state index contributed by atoms with van der Waals surface area (Å²) in [5.41, 5.74) is -0.285. The van der Waals surface area contributed by atoms with E-state index in [-0.39, 0.29) is 11.6 Å². The summed E-state index contributed by atoms with van der Waals surface area (Å²) in [6.45, 7) is 5.88. The van der Waals surface area contributed by atoms with Gasteiger partial charge in [0.25, 0.3) is 0 Å². The van der Waals surface area contributed by atoms with Crippen LogP contribution in [0.3, 0.4) is 0 Å². The van der Waals surface area contributed by atoms with E-state index in [1.54, 1.807) is 0 Å². The molecule has 0 amide bonds. The molecule has 0 atom stereocenters. The van der Waals surface area contributed by atoms with Gasteiger partial charge in [-0.1, -0.05) is 13.2 Å². The normalized spacial score (nSPS) is 11.2. The second-order valence-electron chi connectivity index (χ2n) is 3.34. The molecule has 0 bridgehead atoms. The maximum Gasteiger partial charge on any atom is 0.305 e. The third-order valence-corrected chi connectivity index (χ3v) is 1.70. The van der Waals surface area contributed by atoms with E-state index in [2.05, 4.69) is 0 Å². The van der Waals surface area contributed by atoms with E-state index in [1.165, 1.54) is 0 Å². The van der Waals surface area contributed by atoms with Crippen LogP contribution in [0.4, 0.5) is 0 Å². The predicted molar refractivity (Wildman–Crippen MR) is 48.4 cm³/mol. The van der Waals surface area contributed by atoms with Crippen LogP contribution in [0.15, 0.2) is 0 Å². The number of ether oxygens (including phenoxy) is 1. The summed E-state index contributed by atoms with van der Waals surface area (Å²) < 4.78 is 5.19. The monoisotopic (exact) mass is 156 g/mol. The molecule has 0 N–H and O–H groups in total. The summed E-state index contributed by atoms with van der Waals surface area (Å²) in [5, 5.41) is 0. The second kappa shape index (κ2) is 4.42. The lowest BCUT2D eigenvalue weighted by Gasteiger charge is -2.22. The molecule has 0 aromatic rings. The number of esters is 1. The van der Waals surface area contributed by atoms with Gasteiger partial charge in [-0.05, 0) is 20.3 Å². The molecule has 0 rings (SSSR count). The summed E-state index contributed by atoms with van der Waals surface area (Å²) in [5.74, 6) is -0.0839. The van der Waals surface area contributed by atoms with Crippen LogP contribution in [0.1, 0.15) is 33.6 Å². The van der Waals surface area contributed by atoms with E-state index >= 15 is 0 Å². The van der Waals surface area contributed by atoms with Crippen LogP contribution in [0.5, 0.6) is 0 Å².